The van der Waals surface area contributed by atoms with Gasteiger partial charge in [-0.25, -0.2) is 0 Å². The van der Waals surface area contributed by atoms with Crippen LogP contribution in [0, 0.1) is 20.8 Å². The lowest BCUT2D eigenvalue weighted by Gasteiger charge is -2.36. The van der Waals surface area contributed by atoms with Crippen LogP contribution in [-0.2, 0) is 0 Å². The molecule has 1 aromatic heterocycles. The van der Waals surface area contributed by atoms with Crippen LogP contribution in [0.4, 0.5) is 45.5 Å². The summed E-state index contributed by atoms with van der Waals surface area (Å²) < 4.78 is 2.45. The highest BCUT2D eigenvalue weighted by molar-refractivity contribution is 6.12. The predicted molar refractivity (Wildman–Crippen MR) is 417 cm³/mol. The van der Waals surface area contributed by atoms with E-state index in [4.69, 9.17) is 0 Å². The van der Waals surface area contributed by atoms with E-state index in [9.17, 15) is 0 Å². The zero-order valence-electron chi connectivity index (χ0n) is 55.6. The molecule has 1 unspecified atom stereocenters. The molecule has 0 saturated carbocycles. The van der Waals surface area contributed by atoms with Crippen molar-refractivity contribution in [3.63, 3.8) is 0 Å². The Morgan fingerprint density at radius 1 is 0.286 bits per heavy atom. The lowest BCUT2D eigenvalue weighted by Crippen LogP contribution is -2.30. The van der Waals surface area contributed by atoms with Gasteiger partial charge in [-0.05, 0) is 211 Å². The van der Waals surface area contributed by atoms with Gasteiger partial charge in [-0.3, -0.25) is 0 Å². The molecule has 0 fully saturated rings. The number of anilines is 8. The maximum absolute atomic E-state index is 2.60. The number of hydrogen-bond acceptors (Lipinski definition) is 3. The molecule has 1 aliphatic carbocycles. The van der Waals surface area contributed by atoms with Crippen LogP contribution in [0.5, 0.6) is 0 Å². The minimum atomic E-state index is 0.00165. The van der Waals surface area contributed by atoms with Gasteiger partial charge in [-0.2, -0.15) is 0 Å². The molecule has 470 valence electrons. The molecule has 14 aromatic carbocycles. The molecular weight excluding hydrogens is 1190 g/mol. The van der Waals surface area contributed by atoms with E-state index < -0.39 is 0 Å². The molecule has 4 heteroatoms. The second kappa shape index (κ2) is 26.5. The number of nitrogens with zero attached hydrogens (tertiary/aromatic N) is 4. The highest BCUT2D eigenvalue weighted by Gasteiger charge is 2.29. The van der Waals surface area contributed by atoms with E-state index in [2.05, 4.69) is 405 Å². The second-order valence-electron chi connectivity index (χ2n) is 26.0. The smallest absolute Gasteiger partial charge is 0.0560 e. The first kappa shape index (κ1) is 60.7. The third-order valence-corrected chi connectivity index (χ3v) is 19.4. The quantitative estimate of drug-likeness (QED) is 0.0958. The number of fused-ring (bicyclic) bond motifs is 3. The maximum Gasteiger partial charge on any atom is 0.0560 e. The summed E-state index contributed by atoms with van der Waals surface area (Å²) in [6, 6.07) is 125. The Morgan fingerprint density at radius 2 is 0.622 bits per heavy atom. The normalized spacial score (nSPS) is 12.8. The van der Waals surface area contributed by atoms with Gasteiger partial charge in [0.1, 0.15) is 0 Å². The predicted octanol–water partition coefficient (Wildman–Crippen LogP) is 26.1. The van der Waals surface area contributed by atoms with Crippen LogP contribution in [-0.4, -0.2) is 10.6 Å². The van der Waals surface area contributed by atoms with Gasteiger partial charge < -0.3 is 19.3 Å². The first-order valence-corrected chi connectivity index (χ1v) is 34.1. The number of hydrogen-bond donors (Lipinski definition) is 0. The third-order valence-electron chi connectivity index (χ3n) is 19.4. The molecule has 0 saturated heterocycles. The van der Waals surface area contributed by atoms with Gasteiger partial charge >= 0.3 is 0 Å². The molecule has 1 atom stereocenters. The molecular formula is C94H74N4. The Kier molecular flexibility index (Phi) is 16.4. The SMILES string of the molecule is CC1=CCC(N(c2ccc(C)cc2)c2cc(-c3ccc4c(c3)c3cc(-c5ccccc5)ccc3n4-c3ccc(-c4ccccc4)cc3)c(N(c3ccc(C)cc3)c3ccc(C)cc3)cc2-c2ccc(N(c3ccc(-c4ccccc4)cc3)c3ccc(-c4ccccc4)cc3)cc2)C=C1. The lowest BCUT2D eigenvalue weighted by atomic mass is 9.91. The lowest BCUT2D eigenvalue weighted by molar-refractivity contribution is 0.780. The average Bonchev–Trinajstić information content (AvgIpc) is 1.45. The van der Waals surface area contributed by atoms with Gasteiger partial charge in [0, 0.05) is 61.7 Å². The zero-order chi connectivity index (χ0) is 66.1. The van der Waals surface area contributed by atoms with Crippen molar-refractivity contribution in [2.24, 2.45) is 0 Å². The van der Waals surface area contributed by atoms with Crippen molar-refractivity contribution in [2.45, 2.75) is 40.2 Å². The molecule has 98 heavy (non-hydrogen) atoms. The Bertz CT molecular complexity index is 5240. The van der Waals surface area contributed by atoms with E-state index in [0.29, 0.717) is 0 Å². The van der Waals surface area contributed by atoms with Crippen molar-refractivity contribution in [2.75, 3.05) is 14.7 Å². The highest BCUT2D eigenvalue weighted by Crippen LogP contribution is 2.51. The first-order chi connectivity index (χ1) is 48.2. The van der Waals surface area contributed by atoms with E-state index in [-0.39, 0.29) is 6.04 Å². The maximum atomic E-state index is 2.60. The van der Waals surface area contributed by atoms with Crippen LogP contribution in [0.1, 0.15) is 30.0 Å². The molecule has 15 aromatic rings. The number of benzene rings is 14. The summed E-state index contributed by atoms with van der Waals surface area (Å²) in [6.45, 7) is 8.73. The zero-order valence-corrected chi connectivity index (χ0v) is 55.6. The van der Waals surface area contributed by atoms with E-state index in [1.807, 2.05) is 0 Å². The van der Waals surface area contributed by atoms with Crippen LogP contribution >= 0.6 is 0 Å². The van der Waals surface area contributed by atoms with E-state index >= 15 is 0 Å². The highest BCUT2D eigenvalue weighted by atomic mass is 15.2. The fourth-order valence-corrected chi connectivity index (χ4v) is 14.2. The van der Waals surface area contributed by atoms with Crippen LogP contribution in [0.15, 0.2) is 364 Å². The van der Waals surface area contributed by atoms with E-state index in [1.54, 1.807) is 0 Å². The summed E-state index contributed by atoms with van der Waals surface area (Å²) in [6.07, 6.45) is 7.93. The van der Waals surface area contributed by atoms with Gasteiger partial charge in [0.2, 0.25) is 0 Å². The summed E-state index contributed by atoms with van der Waals surface area (Å²) >= 11 is 0. The van der Waals surface area contributed by atoms with E-state index in [0.717, 1.165) is 90.9 Å². The Hall–Kier alpha value is -12.2. The Labute approximate surface area is 575 Å². The van der Waals surface area contributed by atoms with Crippen molar-refractivity contribution in [1.29, 1.82) is 0 Å². The van der Waals surface area contributed by atoms with Crippen molar-refractivity contribution in [3.8, 4) is 72.4 Å². The fourth-order valence-electron chi connectivity index (χ4n) is 14.2. The topological polar surface area (TPSA) is 14.7 Å². The van der Waals surface area contributed by atoms with Crippen LogP contribution in [0.25, 0.3) is 94.3 Å². The number of rotatable bonds is 16. The van der Waals surface area contributed by atoms with Crippen molar-refractivity contribution in [1.82, 2.24) is 4.57 Å². The standard InChI is InChI=1S/C94H74N4/c1-65-25-43-82(44-26-65)96(83-45-27-66(2)28-46-83)93-64-88(78-42-60-92-90(62-78)89-61-77(72-23-15-8-16-24-72)41-59-91(89)98(92)86-55-37-75(38-56-86)71-21-13-7-14-22-71)94(97(84-47-29-67(3)30-48-84)85-49-31-68(4)32-50-85)63-87(93)76-39-57-81(58-40-76)95(79-51-33-73(34-52-79)69-17-9-5-10-18-69)80-53-35-74(36-54-80)70-19-11-6-12-20-70/h5-45,47-64,83H,46H2,1-4H3. The van der Waals surface area contributed by atoms with Gasteiger partial charge in [0.05, 0.1) is 28.5 Å². The average molecular weight is 1260 g/mol. The number of aryl methyl sites for hydroxylation is 3. The summed E-state index contributed by atoms with van der Waals surface area (Å²) in [5.41, 5.74) is 30.8. The molecule has 16 rings (SSSR count). The molecule has 0 bridgehead atoms. The molecule has 0 amide bonds. The van der Waals surface area contributed by atoms with Crippen molar-refractivity contribution < 1.29 is 0 Å². The third kappa shape index (κ3) is 12.1. The molecule has 0 aliphatic heterocycles. The molecule has 0 radical (unpaired) electrons. The van der Waals surface area contributed by atoms with Gasteiger partial charge in [-0.15, -0.1) is 0 Å². The first-order valence-electron chi connectivity index (χ1n) is 34.1. The van der Waals surface area contributed by atoms with Crippen LogP contribution < -0.4 is 14.7 Å². The molecule has 0 N–H and O–H groups in total. The molecule has 1 heterocycles. The van der Waals surface area contributed by atoms with E-state index in [1.165, 1.54) is 77.5 Å². The minimum Gasteiger partial charge on any atom is -0.334 e. The fraction of sp³-hybridized carbons (Fsp3) is 0.0638. The van der Waals surface area contributed by atoms with Gasteiger partial charge in [-0.1, -0.05) is 259 Å². The largest absolute Gasteiger partial charge is 0.334 e. The monoisotopic (exact) mass is 1260 g/mol. The number of aromatic nitrogens is 1. The van der Waals surface area contributed by atoms with Crippen LogP contribution in [0.2, 0.25) is 0 Å². The Balaban J connectivity index is 0.940. The summed E-state index contributed by atoms with van der Waals surface area (Å²) in [5, 5.41) is 2.36. The summed E-state index contributed by atoms with van der Waals surface area (Å²) in [7, 11) is 0. The van der Waals surface area contributed by atoms with Crippen LogP contribution in [0.3, 0.4) is 0 Å². The molecule has 1 aliphatic rings. The second-order valence-corrected chi connectivity index (χ2v) is 26.0. The van der Waals surface area contributed by atoms with Crippen molar-refractivity contribution in [3.05, 3.63) is 380 Å². The number of allylic oxidation sites excluding steroid dienone is 2. The summed E-state index contributed by atoms with van der Waals surface area (Å²) in [5.74, 6) is 0. The van der Waals surface area contributed by atoms with Crippen molar-refractivity contribution >= 4 is 67.3 Å². The minimum absolute atomic E-state index is 0.00165. The van der Waals surface area contributed by atoms with Gasteiger partial charge in [0.15, 0.2) is 0 Å². The Morgan fingerprint density at radius 3 is 1.06 bits per heavy atom. The molecule has 4 nitrogen and oxygen atoms in total. The van der Waals surface area contributed by atoms with Gasteiger partial charge in [0.25, 0.3) is 0 Å². The molecule has 0 spiro atoms. The summed E-state index contributed by atoms with van der Waals surface area (Å²) in [4.78, 5) is 7.46.